The number of phenols is 2. The molecule has 4 N–H and O–H groups in total. The predicted molar refractivity (Wildman–Crippen MR) is 121 cm³/mol. The van der Waals surface area contributed by atoms with Crippen molar-refractivity contribution >= 4 is 46.3 Å². The molecule has 2 fully saturated rings. The third-order valence-corrected chi connectivity index (χ3v) is 7.67. The molecule has 2 amide bonds. The molecule has 13 nitrogen and oxygen atoms in total. The molecule has 15 heteroatoms. The molecule has 0 bridgehead atoms. The summed E-state index contributed by atoms with van der Waals surface area (Å²) in [6, 6.07) is 0.482. The van der Waals surface area contributed by atoms with E-state index in [1.807, 2.05) is 0 Å². The number of likely N-dealkylation sites (tertiary alicyclic amines) is 1. The second-order valence-corrected chi connectivity index (χ2v) is 10.4. The number of fused-ring (bicyclic) bond motifs is 1. The lowest BCUT2D eigenvalue weighted by atomic mass is 9.95. The van der Waals surface area contributed by atoms with E-state index in [9.17, 15) is 38.1 Å². The number of carbonyl (C=O) groups excluding carboxylic acids is 2. The highest BCUT2D eigenvalue weighted by molar-refractivity contribution is 7.74. The van der Waals surface area contributed by atoms with Crippen LogP contribution in [0.4, 0.5) is 0 Å². The standard InChI is InChI=1S/C20H20ClN5O8S/c1-20(35(33)34,16(19(31)32)26-12-4-11(12)18(26)30)7-25-6-9(22-8-25)5-23-24-17(29)10-2-3-13(27)15(28)14(10)21/h2-3,5-6,8,11-12,16,27-28,35H,4,7H2,1H3,(H,24,29)(H,31,32)/b23-5+/t11?,12-,16+,20?/m1/s1. The van der Waals surface area contributed by atoms with E-state index in [1.54, 1.807) is 0 Å². The Kier molecular flexibility index (Phi) is 6.19. The van der Waals surface area contributed by atoms with Gasteiger partial charge in [0.15, 0.2) is 17.5 Å². The zero-order chi connectivity index (χ0) is 25.7. The molecule has 0 spiro atoms. The predicted octanol–water partition coefficient (Wildman–Crippen LogP) is -0.234. The number of benzene rings is 1. The molecule has 1 aliphatic carbocycles. The Morgan fingerprint density at radius 1 is 1.40 bits per heavy atom. The first-order valence-corrected chi connectivity index (χ1v) is 11.8. The number of carboxylic acids is 1. The first kappa shape index (κ1) is 24.5. The lowest BCUT2D eigenvalue weighted by Gasteiger charge is -2.42. The van der Waals surface area contributed by atoms with Crippen LogP contribution in [-0.4, -0.2) is 79.0 Å². The van der Waals surface area contributed by atoms with Crippen LogP contribution in [0.25, 0.3) is 0 Å². The summed E-state index contributed by atoms with van der Waals surface area (Å²) in [5.41, 5.74) is 2.24. The second-order valence-electron chi connectivity index (χ2n) is 8.47. The third-order valence-electron chi connectivity index (χ3n) is 6.06. The molecule has 1 aliphatic heterocycles. The van der Waals surface area contributed by atoms with Gasteiger partial charge in [-0.25, -0.2) is 23.6 Å². The van der Waals surface area contributed by atoms with Gasteiger partial charge in [0.1, 0.15) is 21.1 Å². The van der Waals surface area contributed by atoms with Gasteiger partial charge in [-0.3, -0.25) is 9.59 Å². The molecule has 4 rings (SSSR count). The van der Waals surface area contributed by atoms with Gasteiger partial charge in [0.2, 0.25) is 5.91 Å². The number of carboxylic acid groups (broad SMARTS) is 1. The van der Waals surface area contributed by atoms with Crippen molar-refractivity contribution in [1.29, 1.82) is 0 Å². The van der Waals surface area contributed by atoms with Crippen LogP contribution in [0.3, 0.4) is 0 Å². The van der Waals surface area contributed by atoms with Crippen molar-refractivity contribution in [2.75, 3.05) is 0 Å². The number of carbonyl (C=O) groups is 3. The number of halogens is 1. The van der Waals surface area contributed by atoms with Crippen LogP contribution in [0.15, 0.2) is 29.8 Å². The highest BCUT2D eigenvalue weighted by Gasteiger charge is 2.66. The van der Waals surface area contributed by atoms with Crippen LogP contribution in [0.5, 0.6) is 11.5 Å². The summed E-state index contributed by atoms with van der Waals surface area (Å²) in [7, 11) is -3.27. The van der Waals surface area contributed by atoms with Gasteiger partial charge in [0.05, 0.1) is 29.0 Å². The number of aliphatic carboxylic acids is 1. The average Bonchev–Trinajstić information content (AvgIpc) is 3.38. The molecule has 1 saturated carbocycles. The minimum absolute atomic E-state index is 0.141. The lowest BCUT2D eigenvalue weighted by molar-refractivity contribution is -0.158. The van der Waals surface area contributed by atoms with Crippen LogP contribution in [0, 0.1) is 5.92 Å². The van der Waals surface area contributed by atoms with Gasteiger partial charge in [0.25, 0.3) is 5.91 Å². The molecule has 2 aliphatic rings. The van der Waals surface area contributed by atoms with Crippen LogP contribution in [0.1, 0.15) is 29.4 Å². The Balaban J connectivity index is 1.47. The lowest BCUT2D eigenvalue weighted by Crippen LogP contribution is -2.64. The molecule has 2 heterocycles. The molecule has 186 valence electrons. The fourth-order valence-corrected chi connectivity index (χ4v) is 5.08. The van der Waals surface area contributed by atoms with Crippen LogP contribution < -0.4 is 5.43 Å². The third kappa shape index (κ3) is 4.30. The number of imidazole rings is 1. The highest BCUT2D eigenvalue weighted by Crippen LogP contribution is 2.50. The molecule has 2 unspecified atom stereocenters. The zero-order valence-electron chi connectivity index (χ0n) is 18.0. The number of nitrogens with zero attached hydrogens (tertiary/aromatic N) is 4. The molecule has 1 saturated heterocycles. The zero-order valence-corrected chi connectivity index (χ0v) is 19.7. The minimum Gasteiger partial charge on any atom is -0.504 e. The van der Waals surface area contributed by atoms with Gasteiger partial charge < -0.3 is 24.8 Å². The van der Waals surface area contributed by atoms with Crippen molar-refractivity contribution < 1.29 is 38.1 Å². The molecule has 1 aromatic carbocycles. The first-order valence-electron chi connectivity index (χ1n) is 10.2. The first-order chi connectivity index (χ1) is 16.5. The van der Waals surface area contributed by atoms with Gasteiger partial charge in [-0.05, 0) is 25.5 Å². The monoisotopic (exact) mass is 525 g/mol. The van der Waals surface area contributed by atoms with E-state index in [-0.39, 0.29) is 40.7 Å². The summed E-state index contributed by atoms with van der Waals surface area (Å²) in [6.45, 7) is 0.977. The summed E-state index contributed by atoms with van der Waals surface area (Å²) < 4.78 is 23.9. The number of phenolic OH excluding ortho intramolecular Hbond substituents is 2. The van der Waals surface area contributed by atoms with E-state index >= 15 is 0 Å². The Labute approximate surface area is 204 Å². The number of hydrogen-bond acceptors (Lipinski definition) is 9. The number of hydrogen-bond donors (Lipinski definition) is 5. The Bertz CT molecular complexity index is 1330. The van der Waals surface area contributed by atoms with E-state index in [4.69, 9.17) is 11.6 Å². The summed E-state index contributed by atoms with van der Waals surface area (Å²) in [5.74, 6) is -3.90. The Morgan fingerprint density at radius 3 is 2.71 bits per heavy atom. The number of aromatic hydroxyl groups is 2. The average molecular weight is 526 g/mol. The van der Waals surface area contributed by atoms with Gasteiger partial charge in [0, 0.05) is 18.8 Å². The molecular formula is C20H20ClN5O8S. The topological polar surface area (TPSA) is 191 Å². The van der Waals surface area contributed by atoms with E-state index in [0.717, 1.165) is 17.2 Å². The number of thiol groups is 1. The van der Waals surface area contributed by atoms with E-state index in [1.165, 1.54) is 30.1 Å². The Morgan fingerprint density at radius 2 is 2.11 bits per heavy atom. The summed E-state index contributed by atoms with van der Waals surface area (Å²) in [5, 5.41) is 32.1. The number of β-lactam (4-membered cyclic amide) rings is 1. The number of hydrazone groups is 1. The van der Waals surface area contributed by atoms with E-state index in [0.29, 0.717) is 6.42 Å². The molecular weight excluding hydrogens is 506 g/mol. The Hall–Kier alpha value is -3.65. The van der Waals surface area contributed by atoms with Gasteiger partial charge in [-0.1, -0.05) is 11.6 Å². The van der Waals surface area contributed by atoms with Crippen molar-refractivity contribution in [2.24, 2.45) is 11.0 Å². The van der Waals surface area contributed by atoms with Gasteiger partial charge >= 0.3 is 5.97 Å². The maximum atomic E-state index is 12.2. The molecule has 35 heavy (non-hydrogen) atoms. The fraction of sp³-hybridized carbons (Fsp3) is 0.350. The SMILES string of the molecule is CC(Cn1cnc(/C=N/NC(=O)c2ccc(O)c(O)c2Cl)c1)([C@H](C(=O)O)N1C(=O)C2C[C@H]21)[SH](=O)=O. The van der Waals surface area contributed by atoms with Crippen molar-refractivity contribution in [3.63, 3.8) is 0 Å². The second kappa shape index (κ2) is 8.85. The minimum atomic E-state index is -3.27. The molecule has 0 radical (unpaired) electrons. The highest BCUT2D eigenvalue weighted by atomic mass is 35.5. The van der Waals surface area contributed by atoms with Crippen LogP contribution in [-0.2, 0) is 26.8 Å². The maximum absolute atomic E-state index is 12.2. The van der Waals surface area contributed by atoms with E-state index < -0.39 is 44.9 Å². The van der Waals surface area contributed by atoms with Gasteiger partial charge in [-0.15, -0.1) is 0 Å². The molecule has 4 atom stereocenters. The summed E-state index contributed by atoms with van der Waals surface area (Å²) >= 11 is 5.83. The molecule has 2 aromatic rings. The van der Waals surface area contributed by atoms with Crippen molar-refractivity contribution in [3.8, 4) is 11.5 Å². The molecule has 1 aromatic heterocycles. The number of nitrogens with one attached hydrogen (secondary N) is 1. The number of amides is 2. The van der Waals surface area contributed by atoms with E-state index in [2.05, 4.69) is 15.5 Å². The van der Waals surface area contributed by atoms with Gasteiger partial charge in [-0.2, -0.15) is 5.10 Å². The number of aromatic nitrogens is 2. The summed E-state index contributed by atoms with van der Waals surface area (Å²) in [6.07, 6.45) is 4.34. The summed E-state index contributed by atoms with van der Waals surface area (Å²) in [4.78, 5) is 41.5. The van der Waals surface area contributed by atoms with Crippen LogP contribution in [0.2, 0.25) is 5.02 Å². The largest absolute Gasteiger partial charge is 0.504 e. The normalized spacial score (nSPS) is 21.3. The quantitative estimate of drug-likeness (QED) is 0.0966. The maximum Gasteiger partial charge on any atom is 0.328 e. The van der Waals surface area contributed by atoms with Crippen molar-refractivity contribution in [2.45, 2.75) is 36.7 Å². The van der Waals surface area contributed by atoms with Crippen molar-refractivity contribution in [1.82, 2.24) is 19.9 Å². The smallest absolute Gasteiger partial charge is 0.328 e. The van der Waals surface area contributed by atoms with Crippen LogP contribution >= 0.6 is 11.6 Å². The van der Waals surface area contributed by atoms with Crippen molar-refractivity contribution in [3.05, 3.63) is 40.9 Å². The fourth-order valence-electron chi connectivity index (χ4n) is 4.12. The number of rotatable bonds is 9.